The van der Waals surface area contributed by atoms with Crippen molar-refractivity contribution >= 4 is 0 Å². The van der Waals surface area contributed by atoms with Crippen molar-refractivity contribution in [2.24, 2.45) is 5.92 Å². The van der Waals surface area contributed by atoms with Gasteiger partial charge >= 0.3 is 0 Å². The number of nitrogens with zero attached hydrogens (tertiary/aromatic N) is 2. The van der Waals surface area contributed by atoms with Gasteiger partial charge in [-0.1, -0.05) is 37.1 Å². The first kappa shape index (κ1) is 11.2. The van der Waals surface area contributed by atoms with E-state index < -0.39 is 0 Å². The van der Waals surface area contributed by atoms with E-state index in [9.17, 15) is 5.11 Å². The standard InChI is InChI=1S/C16H18N2O/c19-15-8-4-3-7-13(15)16-12-6-2-1-5-11(12)14-9-17-10-18(14)16/h1-2,5-6,9-10,13,15-16,19H,3-4,7-8H2. The Balaban J connectivity index is 1.84. The highest BCUT2D eigenvalue weighted by molar-refractivity contribution is 5.69. The summed E-state index contributed by atoms with van der Waals surface area (Å²) in [5.41, 5.74) is 3.83. The molecule has 1 aliphatic carbocycles. The number of hydrogen-bond acceptors (Lipinski definition) is 2. The largest absolute Gasteiger partial charge is 0.393 e. The van der Waals surface area contributed by atoms with Gasteiger partial charge in [0.05, 0.1) is 30.4 Å². The second-order valence-electron chi connectivity index (χ2n) is 5.73. The molecule has 1 N–H and O–H groups in total. The molecule has 2 aliphatic rings. The summed E-state index contributed by atoms with van der Waals surface area (Å²) in [5.74, 6) is 0.324. The maximum absolute atomic E-state index is 10.4. The molecule has 3 heteroatoms. The van der Waals surface area contributed by atoms with E-state index in [2.05, 4.69) is 33.8 Å². The molecule has 1 saturated carbocycles. The molecule has 0 saturated heterocycles. The Morgan fingerprint density at radius 1 is 1.16 bits per heavy atom. The Bertz CT molecular complexity index is 604. The summed E-state index contributed by atoms with van der Waals surface area (Å²) in [4.78, 5) is 4.29. The summed E-state index contributed by atoms with van der Waals surface area (Å²) in [7, 11) is 0. The molecule has 0 bridgehead atoms. The van der Waals surface area contributed by atoms with Crippen LogP contribution in [0.1, 0.15) is 37.3 Å². The molecule has 0 amide bonds. The highest BCUT2D eigenvalue weighted by atomic mass is 16.3. The van der Waals surface area contributed by atoms with Gasteiger partial charge < -0.3 is 9.67 Å². The van der Waals surface area contributed by atoms with Gasteiger partial charge in [0.2, 0.25) is 0 Å². The minimum absolute atomic E-state index is 0.180. The zero-order valence-corrected chi connectivity index (χ0v) is 10.9. The molecule has 3 atom stereocenters. The second kappa shape index (κ2) is 4.20. The predicted octanol–water partition coefficient (Wildman–Crippen LogP) is 3.00. The van der Waals surface area contributed by atoms with E-state index in [1.807, 2.05) is 12.5 Å². The minimum atomic E-state index is -0.180. The normalized spacial score (nSPS) is 29.0. The number of fused-ring (bicyclic) bond motifs is 3. The molecule has 1 aromatic carbocycles. The predicted molar refractivity (Wildman–Crippen MR) is 73.8 cm³/mol. The number of rotatable bonds is 1. The van der Waals surface area contributed by atoms with Crippen LogP contribution in [0.2, 0.25) is 0 Å². The summed E-state index contributed by atoms with van der Waals surface area (Å²) in [6.45, 7) is 0. The highest BCUT2D eigenvalue weighted by Gasteiger charge is 2.38. The molecule has 1 aromatic heterocycles. The Morgan fingerprint density at radius 2 is 2.00 bits per heavy atom. The molecule has 4 rings (SSSR count). The smallest absolute Gasteiger partial charge is 0.0956 e. The van der Waals surface area contributed by atoms with Gasteiger partial charge in [0, 0.05) is 11.5 Å². The van der Waals surface area contributed by atoms with Crippen molar-refractivity contribution in [1.29, 1.82) is 0 Å². The molecule has 2 aromatic rings. The monoisotopic (exact) mass is 254 g/mol. The summed E-state index contributed by atoms with van der Waals surface area (Å²) < 4.78 is 2.25. The Hall–Kier alpha value is -1.61. The Morgan fingerprint density at radius 3 is 2.89 bits per heavy atom. The second-order valence-corrected chi connectivity index (χ2v) is 5.73. The van der Waals surface area contributed by atoms with Crippen LogP contribution < -0.4 is 0 Å². The number of hydrogen-bond donors (Lipinski definition) is 1. The fourth-order valence-electron chi connectivity index (χ4n) is 3.82. The molecule has 3 nitrogen and oxygen atoms in total. The van der Waals surface area contributed by atoms with Crippen LogP contribution >= 0.6 is 0 Å². The van der Waals surface area contributed by atoms with Crippen LogP contribution in [0.3, 0.4) is 0 Å². The molecule has 1 aliphatic heterocycles. The molecule has 0 radical (unpaired) electrons. The average molecular weight is 254 g/mol. The molecule has 0 spiro atoms. The van der Waals surface area contributed by atoms with Gasteiger partial charge in [-0.25, -0.2) is 4.98 Å². The maximum atomic E-state index is 10.4. The van der Waals surface area contributed by atoms with Gasteiger partial charge in [-0.05, 0) is 18.4 Å². The molecular formula is C16H18N2O. The number of aliphatic hydroxyl groups excluding tert-OH is 1. The van der Waals surface area contributed by atoms with Crippen LogP contribution in [-0.2, 0) is 0 Å². The molecule has 19 heavy (non-hydrogen) atoms. The zero-order valence-electron chi connectivity index (χ0n) is 10.9. The number of benzene rings is 1. The van der Waals surface area contributed by atoms with Gasteiger partial charge in [-0.3, -0.25) is 0 Å². The maximum Gasteiger partial charge on any atom is 0.0956 e. The molecule has 1 fully saturated rings. The lowest BCUT2D eigenvalue weighted by Gasteiger charge is -2.33. The summed E-state index contributed by atoms with van der Waals surface area (Å²) in [5, 5.41) is 10.4. The Labute approximate surface area is 112 Å². The summed E-state index contributed by atoms with van der Waals surface area (Å²) in [6, 6.07) is 8.81. The van der Waals surface area contributed by atoms with E-state index in [1.165, 1.54) is 23.2 Å². The van der Waals surface area contributed by atoms with Crippen LogP contribution in [0.15, 0.2) is 36.8 Å². The average Bonchev–Trinajstić information content (AvgIpc) is 3.00. The number of imidazole rings is 1. The molecule has 2 heterocycles. The van der Waals surface area contributed by atoms with Gasteiger partial charge in [-0.15, -0.1) is 0 Å². The zero-order chi connectivity index (χ0) is 12.8. The highest BCUT2D eigenvalue weighted by Crippen LogP contribution is 2.46. The lowest BCUT2D eigenvalue weighted by molar-refractivity contribution is 0.0504. The first-order chi connectivity index (χ1) is 9.36. The molecule has 3 unspecified atom stereocenters. The third kappa shape index (κ3) is 1.58. The van der Waals surface area contributed by atoms with Crippen molar-refractivity contribution in [1.82, 2.24) is 9.55 Å². The van der Waals surface area contributed by atoms with Crippen molar-refractivity contribution in [3.63, 3.8) is 0 Å². The van der Waals surface area contributed by atoms with E-state index in [-0.39, 0.29) is 12.1 Å². The minimum Gasteiger partial charge on any atom is -0.393 e. The van der Waals surface area contributed by atoms with Gasteiger partial charge in [0.25, 0.3) is 0 Å². The topological polar surface area (TPSA) is 38.1 Å². The van der Waals surface area contributed by atoms with Gasteiger partial charge in [0.15, 0.2) is 0 Å². The summed E-state index contributed by atoms with van der Waals surface area (Å²) >= 11 is 0. The lowest BCUT2D eigenvalue weighted by Crippen LogP contribution is -2.31. The van der Waals surface area contributed by atoms with Crippen molar-refractivity contribution in [3.05, 3.63) is 42.4 Å². The first-order valence-electron chi connectivity index (χ1n) is 7.15. The van der Waals surface area contributed by atoms with Gasteiger partial charge in [0.1, 0.15) is 0 Å². The van der Waals surface area contributed by atoms with E-state index in [0.717, 1.165) is 19.3 Å². The van der Waals surface area contributed by atoms with Crippen molar-refractivity contribution in [2.45, 2.75) is 37.8 Å². The lowest BCUT2D eigenvalue weighted by atomic mass is 9.79. The third-order valence-electron chi connectivity index (χ3n) is 4.71. The van der Waals surface area contributed by atoms with E-state index in [0.29, 0.717) is 5.92 Å². The van der Waals surface area contributed by atoms with Crippen molar-refractivity contribution in [2.75, 3.05) is 0 Å². The quantitative estimate of drug-likeness (QED) is 0.849. The fourth-order valence-corrected chi connectivity index (χ4v) is 3.82. The van der Waals surface area contributed by atoms with E-state index >= 15 is 0 Å². The van der Waals surface area contributed by atoms with E-state index in [1.54, 1.807) is 0 Å². The van der Waals surface area contributed by atoms with Gasteiger partial charge in [-0.2, -0.15) is 0 Å². The van der Waals surface area contributed by atoms with Crippen LogP contribution in [0.4, 0.5) is 0 Å². The van der Waals surface area contributed by atoms with Crippen LogP contribution in [-0.4, -0.2) is 20.8 Å². The summed E-state index contributed by atoms with van der Waals surface area (Å²) in [6.07, 6.45) is 8.11. The first-order valence-corrected chi connectivity index (χ1v) is 7.15. The fraction of sp³-hybridized carbons (Fsp3) is 0.438. The van der Waals surface area contributed by atoms with Crippen molar-refractivity contribution < 1.29 is 5.11 Å². The van der Waals surface area contributed by atoms with Crippen LogP contribution in [0, 0.1) is 5.92 Å². The van der Waals surface area contributed by atoms with Crippen LogP contribution in [0.5, 0.6) is 0 Å². The number of aliphatic hydroxyl groups is 1. The SMILES string of the molecule is OC1CCCCC1C1c2ccccc2-c2cncn21. The van der Waals surface area contributed by atoms with E-state index in [4.69, 9.17) is 0 Å². The van der Waals surface area contributed by atoms with Crippen molar-refractivity contribution in [3.8, 4) is 11.3 Å². The third-order valence-corrected chi connectivity index (χ3v) is 4.71. The van der Waals surface area contributed by atoms with Crippen LogP contribution in [0.25, 0.3) is 11.3 Å². The molecular weight excluding hydrogens is 236 g/mol. The molecule has 98 valence electrons. The Kier molecular flexibility index (Phi) is 2.49. The number of aromatic nitrogens is 2.